The number of aromatic nitrogens is 2. The molecule has 0 aliphatic carbocycles. The van der Waals surface area contributed by atoms with E-state index in [1.807, 2.05) is 79.1 Å². The summed E-state index contributed by atoms with van der Waals surface area (Å²) in [6.07, 6.45) is 2.85. The summed E-state index contributed by atoms with van der Waals surface area (Å²) >= 11 is 0. The number of sulfonamides is 1. The molecule has 37 heavy (non-hydrogen) atoms. The van der Waals surface area contributed by atoms with Crippen molar-refractivity contribution in [3.63, 3.8) is 0 Å². The highest BCUT2D eigenvalue weighted by Gasteiger charge is 2.10. The lowest BCUT2D eigenvalue weighted by molar-refractivity contribution is -0.117. The number of hydrogen-bond acceptors (Lipinski definition) is 6. The van der Waals surface area contributed by atoms with Crippen LogP contribution in [-0.2, 0) is 14.8 Å². The van der Waals surface area contributed by atoms with Crippen LogP contribution < -0.4 is 10.0 Å². The Kier molecular flexibility index (Phi) is 7.91. The lowest BCUT2D eigenvalue weighted by Crippen LogP contribution is -2.34. The first kappa shape index (κ1) is 26.3. The van der Waals surface area contributed by atoms with Crippen molar-refractivity contribution in [1.29, 1.82) is 0 Å². The monoisotopic (exact) mass is 520 g/mol. The summed E-state index contributed by atoms with van der Waals surface area (Å²) in [5, 5.41) is 2.96. The number of amides is 1. The van der Waals surface area contributed by atoms with Gasteiger partial charge in [0.15, 0.2) is 0 Å². The molecule has 0 aliphatic heterocycles. The van der Waals surface area contributed by atoms with Crippen molar-refractivity contribution >= 4 is 38.3 Å². The van der Waals surface area contributed by atoms with Crippen LogP contribution in [0.4, 0.5) is 11.4 Å². The standard InChI is InChI=1S/C27H32N6O3S/c1-31(2)14-15-32(3)18-27(34)29-22-11-8-20(9-12-22)21-10-13-25-26(16-21)33(19-28-25)24-7-5-6-23(17-24)30-37(4,35)36/h5-13,16-17,19,30H,14-15,18H2,1-4H3,(H,29,34). The molecule has 1 aromatic heterocycles. The summed E-state index contributed by atoms with van der Waals surface area (Å²) in [7, 11) is 2.58. The van der Waals surface area contributed by atoms with E-state index in [1.54, 1.807) is 24.5 Å². The molecule has 0 aliphatic rings. The molecule has 0 atom stereocenters. The maximum Gasteiger partial charge on any atom is 0.238 e. The van der Waals surface area contributed by atoms with Crippen LogP contribution in [-0.4, -0.2) is 80.7 Å². The van der Waals surface area contributed by atoms with E-state index in [2.05, 4.69) is 19.9 Å². The number of rotatable bonds is 10. The zero-order chi connectivity index (χ0) is 26.6. The molecule has 194 valence electrons. The van der Waals surface area contributed by atoms with Gasteiger partial charge in [-0.15, -0.1) is 0 Å². The lowest BCUT2D eigenvalue weighted by atomic mass is 10.0. The van der Waals surface area contributed by atoms with Gasteiger partial charge in [0.25, 0.3) is 0 Å². The molecule has 0 bridgehead atoms. The second-order valence-electron chi connectivity index (χ2n) is 9.41. The Labute approximate surface area is 217 Å². The molecule has 3 aromatic carbocycles. The number of hydrogen-bond donors (Lipinski definition) is 2. The third kappa shape index (κ3) is 7.16. The highest BCUT2D eigenvalue weighted by molar-refractivity contribution is 7.92. The topological polar surface area (TPSA) is 99.6 Å². The molecular formula is C27H32N6O3S. The van der Waals surface area contributed by atoms with Gasteiger partial charge in [-0.2, -0.15) is 0 Å². The molecule has 0 unspecified atom stereocenters. The third-order valence-corrected chi connectivity index (χ3v) is 6.43. The van der Waals surface area contributed by atoms with Crippen molar-refractivity contribution in [3.8, 4) is 16.8 Å². The van der Waals surface area contributed by atoms with Gasteiger partial charge in [-0.25, -0.2) is 13.4 Å². The van der Waals surface area contributed by atoms with Crippen LogP contribution in [0, 0.1) is 0 Å². The van der Waals surface area contributed by atoms with Crippen molar-refractivity contribution < 1.29 is 13.2 Å². The van der Waals surface area contributed by atoms with Crippen molar-refractivity contribution in [1.82, 2.24) is 19.4 Å². The zero-order valence-electron chi connectivity index (χ0n) is 21.5. The van der Waals surface area contributed by atoms with Crippen LogP contribution in [0.2, 0.25) is 0 Å². The fourth-order valence-corrected chi connectivity index (χ4v) is 4.52. The van der Waals surface area contributed by atoms with E-state index >= 15 is 0 Å². The van der Waals surface area contributed by atoms with Crippen LogP contribution in [0.5, 0.6) is 0 Å². The van der Waals surface area contributed by atoms with Crippen LogP contribution in [0.15, 0.2) is 73.1 Å². The van der Waals surface area contributed by atoms with Gasteiger partial charge in [-0.05, 0) is 74.7 Å². The van der Waals surface area contributed by atoms with Crippen molar-refractivity contribution in [2.75, 3.05) is 57.1 Å². The van der Waals surface area contributed by atoms with Gasteiger partial charge in [0.1, 0.15) is 6.33 Å². The van der Waals surface area contributed by atoms with E-state index in [4.69, 9.17) is 0 Å². The average molecular weight is 521 g/mol. The predicted octanol–water partition coefficient (Wildman–Crippen LogP) is 3.50. The predicted molar refractivity (Wildman–Crippen MR) is 150 cm³/mol. The molecule has 1 amide bonds. The summed E-state index contributed by atoms with van der Waals surface area (Å²) in [6.45, 7) is 2.04. The minimum atomic E-state index is -3.38. The Morgan fingerprint density at radius 3 is 2.35 bits per heavy atom. The highest BCUT2D eigenvalue weighted by Crippen LogP contribution is 2.27. The maximum atomic E-state index is 12.4. The molecular weight excluding hydrogens is 488 g/mol. The zero-order valence-corrected chi connectivity index (χ0v) is 22.3. The quantitative estimate of drug-likeness (QED) is 0.332. The minimum absolute atomic E-state index is 0.0491. The first-order chi connectivity index (χ1) is 17.6. The Bertz CT molecular complexity index is 1500. The SMILES string of the molecule is CN(C)CCN(C)CC(=O)Nc1ccc(-c2ccc3ncn(-c4cccc(NS(C)(=O)=O)c4)c3c2)cc1. The summed E-state index contributed by atoms with van der Waals surface area (Å²) in [6, 6.07) is 20.9. The summed E-state index contributed by atoms with van der Waals surface area (Å²) in [4.78, 5) is 21.0. The molecule has 0 saturated heterocycles. The Morgan fingerprint density at radius 2 is 1.65 bits per heavy atom. The van der Waals surface area contributed by atoms with Crippen LogP contribution in [0.1, 0.15) is 0 Å². The largest absolute Gasteiger partial charge is 0.325 e. The second-order valence-corrected chi connectivity index (χ2v) is 11.2. The van der Waals surface area contributed by atoms with Gasteiger partial charge in [-0.1, -0.05) is 24.3 Å². The van der Waals surface area contributed by atoms with Crippen molar-refractivity contribution in [2.24, 2.45) is 0 Å². The van der Waals surface area contributed by atoms with E-state index < -0.39 is 10.0 Å². The van der Waals surface area contributed by atoms with Gasteiger partial charge in [0.2, 0.25) is 15.9 Å². The molecule has 0 spiro atoms. The molecule has 2 N–H and O–H groups in total. The number of anilines is 2. The summed E-state index contributed by atoms with van der Waals surface area (Å²) in [5.74, 6) is -0.0491. The summed E-state index contributed by atoms with van der Waals surface area (Å²) in [5.41, 5.74) is 5.75. The van der Waals surface area contributed by atoms with Crippen molar-refractivity contribution in [2.45, 2.75) is 0 Å². The molecule has 10 heteroatoms. The number of fused-ring (bicyclic) bond motifs is 1. The van der Waals surface area contributed by atoms with Gasteiger partial charge in [0, 0.05) is 24.5 Å². The van der Waals surface area contributed by atoms with Crippen molar-refractivity contribution in [3.05, 3.63) is 73.1 Å². The lowest BCUT2D eigenvalue weighted by Gasteiger charge is -2.18. The minimum Gasteiger partial charge on any atom is -0.325 e. The van der Waals surface area contributed by atoms with E-state index in [0.29, 0.717) is 12.2 Å². The number of nitrogens with zero attached hydrogens (tertiary/aromatic N) is 4. The molecule has 1 heterocycles. The second kappa shape index (κ2) is 11.1. The Morgan fingerprint density at radius 1 is 0.919 bits per heavy atom. The smallest absolute Gasteiger partial charge is 0.238 e. The number of imidazole rings is 1. The molecule has 0 radical (unpaired) electrons. The van der Waals surface area contributed by atoms with E-state index in [-0.39, 0.29) is 5.91 Å². The van der Waals surface area contributed by atoms with E-state index in [9.17, 15) is 13.2 Å². The number of benzene rings is 3. The van der Waals surface area contributed by atoms with Gasteiger partial charge < -0.3 is 10.2 Å². The fourth-order valence-electron chi connectivity index (χ4n) is 3.97. The first-order valence-electron chi connectivity index (χ1n) is 11.9. The Hall–Kier alpha value is -3.73. The van der Waals surface area contributed by atoms with Crippen LogP contribution in [0.3, 0.4) is 0 Å². The molecule has 9 nitrogen and oxygen atoms in total. The first-order valence-corrected chi connectivity index (χ1v) is 13.8. The van der Waals surface area contributed by atoms with E-state index in [0.717, 1.165) is 52.9 Å². The number of carbonyl (C=O) groups is 1. The molecule has 4 aromatic rings. The number of carbonyl (C=O) groups excluding carboxylic acids is 1. The number of nitrogens with one attached hydrogen (secondary N) is 2. The van der Waals surface area contributed by atoms with Crippen LogP contribution >= 0.6 is 0 Å². The fraction of sp³-hybridized carbons (Fsp3) is 0.259. The van der Waals surface area contributed by atoms with E-state index in [1.165, 1.54) is 0 Å². The Balaban J connectivity index is 1.50. The van der Waals surface area contributed by atoms with Gasteiger partial charge in [0.05, 0.1) is 29.5 Å². The van der Waals surface area contributed by atoms with Gasteiger partial charge >= 0.3 is 0 Å². The maximum absolute atomic E-state index is 12.4. The highest BCUT2D eigenvalue weighted by atomic mass is 32.2. The molecule has 0 fully saturated rings. The van der Waals surface area contributed by atoms with Gasteiger partial charge in [-0.3, -0.25) is 19.0 Å². The average Bonchev–Trinajstić information content (AvgIpc) is 3.25. The summed E-state index contributed by atoms with van der Waals surface area (Å²) < 4.78 is 27.7. The third-order valence-electron chi connectivity index (χ3n) is 5.82. The molecule has 4 rings (SSSR count). The van der Waals surface area contributed by atoms with Crippen LogP contribution in [0.25, 0.3) is 27.8 Å². The molecule has 0 saturated carbocycles. The number of likely N-dealkylation sites (N-methyl/N-ethyl adjacent to an activating group) is 2. The normalized spacial score (nSPS) is 11.8.